The molecule has 0 heterocycles. The Morgan fingerprint density at radius 2 is 2.30 bits per heavy atom. The molecule has 0 bridgehead atoms. The van der Waals surface area contributed by atoms with Crippen molar-refractivity contribution >= 4 is 0 Å². The average molecular weight is 144 g/mol. The maximum absolute atomic E-state index is 9.39. The molecule has 0 aromatic heterocycles. The molecule has 2 nitrogen and oxygen atoms in total. The van der Waals surface area contributed by atoms with Crippen LogP contribution in [0.5, 0.6) is 0 Å². The van der Waals surface area contributed by atoms with Gasteiger partial charge in [-0.25, -0.2) is 0 Å². The summed E-state index contributed by atoms with van der Waals surface area (Å²) in [6.45, 7) is 4.17. The van der Waals surface area contributed by atoms with Crippen molar-refractivity contribution in [1.82, 2.24) is 0 Å². The van der Waals surface area contributed by atoms with Crippen LogP contribution in [0, 0.1) is 5.41 Å². The van der Waals surface area contributed by atoms with Crippen LogP contribution in [0.4, 0.5) is 0 Å². The van der Waals surface area contributed by atoms with Gasteiger partial charge in [-0.2, -0.15) is 0 Å². The van der Waals surface area contributed by atoms with Gasteiger partial charge in [0.25, 0.3) is 0 Å². The minimum absolute atomic E-state index is 0.0226. The summed E-state index contributed by atoms with van der Waals surface area (Å²) in [7, 11) is 1.71. The smallest absolute Gasteiger partial charge is 0.0674 e. The van der Waals surface area contributed by atoms with Gasteiger partial charge in [0.1, 0.15) is 0 Å². The molecule has 0 aromatic carbocycles. The zero-order valence-corrected chi connectivity index (χ0v) is 6.92. The molecule has 10 heavy (non-hydrogen) atoms. The first-order chi connectivity index (χ1) is 4.65. The second-order valence-electron chi connectivity index (χ2n) is 3.34. The van der Waals surface area contributed by atoms with E-state index < -0.39 is 0 Å². The number of hydrogen-bond acceptors (Lipinski definition) is 2. The van der Waals surface area contributed by atoms with E-state index in [-0.39, 0.29) is 17.6 Å². The van der Waals surface area contributed by atoms with Gasteiger partial charge in [-0.3, -0.25) is 0 Å². The first-order valence-corrected chi connectivity index (χ1v) is 3.86. The molecule has 3 atom stereocenters. The Morgan fingerprint density at radius 3 is 2.50 bits per heavy atom. The van der Waals surface area contributed by atoms with E-state index in [1.54, 1.807) is 7.11 Å². The molecule has 1 fully saturated rings. The van der Waals surface area contributed by atoms with E-state index in [0.29, 0.717) is 0 Å². The van der Waals surface area contributed by atoms with Crippen LogP contribution >= 0.6 is 0 Å². The van der Waals surface area contributed by atoms with Crippen molar-refractivity contribution in [2.24, 2.45) is 5.41 Å². The molecule has 0 aliphatic heterocycles. The van der Waals surface area contributed by atoms with Gasteiger partial charge in [-0.15, -0.1) is 0 Å². The standard InChI is InChI=1S/C8H16O2/c1-4-8(2)6(9)5-7(8)10-3/h6-7,9H,4-5H2,1-3H3. The van der Waals surface area contributed by atoms with Gasteiger partial charge < -0.3 is 9.84 Å². The summed E-state index contributed by atoms with van der Waals surface area (Å²) in [5.41, 5.74) is 0.0226. The third kappa shape index (κ3) is 0.867. The number of ether oxygens (including phenoxy) is 1. The molecule has 0 aromatic rings. The first kappa shape index (κ1) is 8.02. The molecule has 1 N–H and O–H groups in total. The Balaban J connectivity index is 2.54. The minimum Gasteiger partial charge on any atom is -0.392 e. The summed E-state index contributed by atoms with van der Waals surface area (Å²) in [6.07, 6.45) is 1.92. The van der Waals surface area contributed by atoms with E-state index in [4.69, 9.17) is 4.74 Å². The van der Waals surface area contributed by atoms with E-state index in [1.165, 1.54) is 0 Å². The van der Waals surface area contributed by atoms with Crippen LogP contribution in [-0.4, -0.2) is 24.4 Å². The Hall–Kier alpha value is -0.0800. The number of methoxy groups -OCH3 is 1. The highest BCUT2D eigenvalue weighted by Gasteiger charge is 2.49. The Kier molecular flexibility index (Phi) is 2.02. The summed E-state index contributed by atoms with van der Waals surface area (Å²) >= 11 is 0. The molecule has 0 radical (unpaired) electrons. The van der Waals surface area contributed by atoms with Crippen molar-refractivity contribution in [3.8, 4) is 0 Å². The molecule has 60 valence electrons. The van der Waals surface area contributed by atoms with Gasteiger partial charge in [-0.1, -0.05) is 13.8 Å². The van der Waals surface area contributed by atoms with E-state index in [2.05, 4.69) is 13.8 Å². The summed E-state index contributed by atoms with van der Waals surface area (Å²) in [4.78, 5) is 0. The van der Waals surface area contributed by atoms with E-state index in [9.17, 15) is 5.11 Å². The second-order valence-corrected chi connectivity index (χ2v) is 3.34. The lowest BCUT2D eigenvalue weighted by Crippen LogP contribution is -2.55. The predicted molar refractivity (Wildman–Crippen MR) is 39.8 cm³/mol. The maximum atomic E-state index is 9.39. The lowest BCUT2D eigenvalue weighted by Gasteiger charge is -2.50. The van der Waals surface area contributed by atoms with Crippen LogP contribution in [0.1, 0.15) is 26.7 Å². The van der Waals surface area contributed by atoms with Gasteiger partial charge >= 0.3 is 0 Å². The highest BCUT2D eigenvalue weighted by atomic mass is 16.5. The third-order valence-corrected chi connectivity index (χ3v) is 2.98. The number of aliphatic hydroxyl groups is 1. The van der Waals surface area contributed by atoms with Gasteiger partial charge in [0.15, 0.2) is 0 Å². The fourth-order valence-electron chi connectivity index (χ4n) is 1.62. The molecule has 1 saturated carbocycles. The van der Waals surface area contributed by atoms with Crippen LogP contribution in [0.25, 0.3) is 0 Å². The fraction of sp³-hybridized carbons (Fsp3) is 1.00. The van der Waals surface area contributed by atoms with Gasteiger partial charge in [0, 0.05) is 18.9 Å². The van der Waals surface area contributed by atoms with E-state index >= 15 is 0 Å². The van der Waals surface area contributed by atoms with Gasteiger partial charge in [-0.05, 0) is 6.42 Å². The quantitative estimate of drug-likeness (QED) is 0.630. The highest BCUT2D eigenvalue weighted by Crippen LogP contribution is 2.45. The largest absolute Gasteiger partial charge is 0.392 e. The van der Waals surface area contributed by atoms with Crippen molar-refractivity contribution in [2.45, 2.75) is 38.9 Å². The van der Waals surface area contributed by atoms with Crippen LogP contribution < -0.4 is 0 Å². The number of aliphatic hydroxyl groups excluding tert-OH is 1. The number of rotatable bonds is 2. The number of hydrogen-bond donors (Lipinski definition) is 1. The Bertz CT molecular complexity index is 124. The van der Waals surface area contributed by atoms with Gasteiger partial charge in [0.05, 0.1) is 12.2 Å². The zero-order chi connectivity index (χ0) is 7.78. The Morgan fingerprint density at radius 1 is 1.70 bits per heavy atom. The SMILES string of the molecule is CCC1(C)C(O)CC1OC. The molecule has 1 aliphatic carbocycles. The molecule has 2 heteroatoms. The Labute approximate surface area is 62.2 Å². The molecule has 1 rings (SSSR count). The zero-order valence-electron chi connectivity index (χ0n) is 6.92. The molecular formula is C8H16O2. The summed E-state index contributed by atoms with van der Waals surface area (Å²) in [5, 5.41) is 9.39. The van der Waals surface area contributed by atoms with Crippen LogP contribution in [0.15, 0.2) is 0 Å². The second kappa shape index (κ2) is 2.51. The third-order valence-electron chi connectivity index (χ3n) is 2.98. The van der Waals surface area contributed by atoms with E-state index in [1.807, 2.05) is 0 Å². The molecule has 1 aliphatic rings. The highest BCUT2D eigenvalue weighted by molar-refractivity contribution is 5.00. The van der Waals surface area contributed by atoms with Crippen molar-refractivity contribution in [3.63, 3.8) is 0 Å². The summed E-state index contributed by atoms with van der Waals surface area (Å²) in [6, 6.07) is 0. The lowest BCUT2D eigenvalue weighted by molar-refractivity contribution is -0.173. The monoisotopic (exact) mass is 144 g/mol. The predicted octanol–water partition coefficient (Wildman–Crippen LogP) is 1.18. The summed E-state index contributed by atoms with van der Waals surface area (Å²) in [5.74, 6) is 0. The fourth-order valence-corrected chi connectivity index (χ4v) is 1.62. The van der Waals surface area contributed by atoms with Gasteiger partial charge in [0.2, 0.25) is 0 Å². The topological polar surface area (TPSA) is 29.5 Å². The normalized spacial score (nSPS) is 46.8. The minimum atomic E-state index is -0.151. The lowest BCUT2D eigenvalue weighted by atomic mass is 9.63. The van der Waals surface area contributed by atoms with Crippen LogP contribution in [0.2, 0.25) is 0 Å². The van der Waals surface area contributed by atoms with E-state index in [0.717, 1.165) is 12.8 Å². The van der Waals surface area contributed by atoms with Crippen LogP contribution in [0.3, 0.4) is 0 Å². The molecule has 0 spiro atoms. The first-order valence-electron chi connectivity index (χ1n) is 3.86. The van der Waals surface area contributed by atoms with Crippen LogP contribution in [-0.2, 0) is 4.74 Å². The molecule has 0 saturated heterocycles. The van der Waals surface area contributed by atoms with Crippen molar-refractivity contribution in [1.29, 1.82) is 0 Å². The van der Waals surface area contributed by atoms with Crippen molar-refractivity contribution in [3.05, 3.63) is 0 Å². The molecular weight excluding hydrogens is 128 g/mol. The molecule has 0 amide bonds. The van der Waals surface area contributed by atoms with Crippen molar-refractivity contribution < 1.29 is 9.84 Å². The maximum Gasteiger partial charge on any atom is 0.0674 e. The average Bonchev–Trinajstić information content (AvgIpc) is 1.98. The summed E-state index contributed by atoms with van der Waals surface area (Å²) < 4.78 is 5.20. The van der Waals surface area contributed by atoms with Crippen molar-refractivity contribution in [2.75, 3.05) is 7.11 Å². The molecule has 3 unspecified atom stereocenters.